The lowest BCUT2D eigenvalue weighted by molar-refractivity contribution is 0.0699. The van der Waals surface area contributed by atoms with E-state index >= 15 is 0 Å². The van der Waals surface area contributed by atoms with Crippen molar-refractivity contribution in [1.29, 1.82) is 0 Å². The van der Waals surface area contributed by atoms with Crippen LogP contribution >= 0.6 is 0 Å². The van der Waals surface area contributed by atoms with Crippen molar-refractivity contribution in [3.63, 3.8) is 0 Å². The maximum absolute atomic E-state index is 11.2. The molecule has 0 radical (unpaired) electrons. The number of aromatic nitrogens is 4. The molecule has 0 saturated carbocycles. The number of carboxylic acids is 1. The summed E-state index contributed by atoms with van der Waals surface area (Å²) in [6.45, 7) is 0. The SMILES string of the molecule is CNc1cc(-c2cccnc2)nc2c(C(=O)O)cnn12. The first-order valence-electron chi connectivity index (χ1n) is 5.91. The van der Waals surface area contributed by atoms with Gasteiger partial charge in [0.15, 0.2) is 5.65 Å². The Hall–Kier alpha value is -2.96. The fourth-order valence-electron chi connectivity index (χ4n) is 1.95. The molecule has 3 aromatic heterocycles. The van der Waals surface area contributed by atoms with E-state index in [-0.39, 0.29) is 5.56 Å². The summed E-state index contributed by atoms with van der Waals surface area (Å²) in [5, 5.41) is 16.2. The molecule has 2 N–H and O–H groups in total. The topological polar surface area (TPSA) is 92.4 Å². The van der Waals surface area contributed by atoms with Crippen LogP contribution in [0.15, 0.2) is 36.8 Å². The highest BCUT2D eigenvalue weighted by Gasteiger charge is 2.16. The van der Waals surface area contributed by atoms with Gasteiger partial charge >= 0.3 is 5.97 Å². The molecule has 0 atom stereocenters. The van der Waals surface area contributed by atoms with E-state index in [4.69, 9.17) is 0 Å². The van der Waals surface area contributed by atoms with Gasteiger partial charge in [-0.1, -0.05) is 0 Å². The maximum Gasteiger partial charge on any atom is 0.341 e. The third-order valence-corrected chi connectivity index (χ3v) is 2.92. The predicted octanol–water partition coefficient (Wildman–Crippen LogP) is 1.53. The standard InChI is InChI=1S/C13H11N5O2/c1-14-11-5-10(8-3-2-4-15-6-8)17-12-9(13(19)20)7-16-18(11)12/h2-7,14H,1H3,(H,19,20). The number of anilines is 1. The van der Waals surface area contributed by atoms with E-state index in [9.17, 15) is 9.90 Å². The molecule has 7 heteroatoms. The lowest BCUT2D eigenvalue weighted by Crippen LogP contribution is -2.04. The molecular formula is C13H11N5O2. The average molecular weight is 269 g/mol. The molecule has 0 spiro atoms. The third-order valence-electron chi connectivity index (χ3n) is 2.92. The second-order valence-corrected chi connectivity index (χ2v) is 4.12. The van der Waals surface area contributed by atoms with Crippen LogP contribution in [-0.4, -0.2) is 37.7 Å². The maximum atomic E-state index is 11.2. The fourth-order valence-corrected chi connectivity index (χ4v) is 1.95. The first-order valence-corrected chi connectivity index (χ1v) is 5.91. The molecule has 0 aliphatic rings. The summed E-state index contributed by atoms with van der Waals surface area (Å²) < 4.78 is 1.46. The molecule has 0 aromatic carbocycles. The van der Waals surface area contributed by atoms with Gasteiger partial charge in [0.2, 0.25) is 0 Å². The molecule has 0 bridgehead atoms. The zero-order valence-corrected chi connectivity index (χ0v) is 10.6. The molecule has 0 saturated heterocycles. The summed E-state index contributed by atoms with van der Waals surface area (Å²) in [5.41, 5.74) is 1.80. The minimum atomic E-state index is -1.06. The molecule has 7 nitrogen and oxygen atoms in total. The largest absolute Gasteiger partial charge is 0.477 e. The minimum Gasteiger partial charge on any atom is -0.477 e. The Balaban J connectivity index is 2.30. The molecule has 3 aromatic rings. The Morgan fingerprint density at radius 3 is 2.90 bits per heavy atom. The minimum absolute atomic E-state index is 0.0623. The fraction of sp³-hybridized carbons (Fsp3) is 0.0769. The summed E-state index contributed by atoms with van der Waals surface area (Å²) in [5.74, 6) is -0.403. The van der Waals surface area contributed by atoms with Gasteiger partial charge < -0.3 is 10.4 Å². The van der Waals surface area contributed by atoms with Crippen LogP contribution in [0.3, 0.4) is 0 Å². The Morgan fingerprint density at radius 2 is 2.25 bits per heavy atom. The van der Waals surface area contributed by atoms with Gasteiger partial charge in [-0.05, 0) is 12.1 Å². The summed E-state index contributed by atoms with van der Waals surface area (Å²) >= 11 is 0. The van der Waals surface area contributed by atoms with Crippen molar-refractivity contribution in [2.24, 2.45) is 0 Å². The average Bonchev–Trinajstić information content (AvgIpc) is 2.91. The van der Waals surface area contributed by atoms with Crippen LogP contribution in [0.4, 0.5) is 5.82 Å². The molecular weight excluding hydrogens is 258 g/mol. The monoisotopic (exact) mass is 269 g/mol. The smallest absolute Gasteiger partial charge is 0.341 e. The highest BCUT2D eigenvalue weighted by Crippen LogP contribution is 2.22. The Labute approximate surface area is 113 Å². The van der Waals surface area contributed by atoms with E-state index in [0.29, 0.717) is 17.2 Å². The number of aromatic carboxylic acids is 1. The molecule has 0 aliphatic carbocycles. The predicted molar refractivity (Wildman–Crippen MR) is 72.7 cm³/mol. The van der Waals surface area contributed by atoms with Crippen LogP contribution in [0.1, 0.15) is 10.4 Å². The first kappa shape index (κ1) is 12.1. The van der Waals surface area contributed by atoms with Crippen LogP contribution in [-0.2, 0) is 0 Å². The van der Waals surface area contributed by atoms with Crippen molar-refractivity contribution >= 4 is 17.4 Å². The van der Waals surface area contributed by atoms with Crippen molar-refractivity contribution in [2.45, 2.75) is 0 Å². The quantitative estimate of drug-likeness (QED) is 0.749. The molecule has 0 aliphatic heterocycles. The lowest BCUT2D eigenvalue weighted by atomic mass is 10.2. The molecule has 20 heavy (non-hydrogen) atoms. The first-order chi connectivity index (χ1) is 9.70. The Kier molecular flexibility index (Phi) is 2.79. The van der Waals surface area contributed by atoms with Gasteiger partial charge in [-0.25, -0.2) is 9.78 Å². The molecule has 0 fully saturated rings. The number of carboxylic acid groups (broad SMARTS) is 1. The number of rotatable bonds is 3. The van der Waals surface area contributed by atoms with Gasteiger partial charge in [-0.3, -0.25) is 4.98 Å². The highest BCUT2D eigenvalue weighted by molar-refractivity contribution is 5.94. The van der Waals surface area contributed by atoms with E-state index in [2.05, 4.69) is 20.4 Å². The van der Waals surface area contributed by atoms with Crippen LogP contribution in [0.5, 0.6) is 0 Å². The van der Waals surface area contributed by atoms with Gasteiger partial charge in [-0.15, -0.1) is 0 Å². The summed E-state index contributed by atoms with van der Waals surface area (Å²) in [6, 6.07) is 5.46. The second-order valence-electron chi connectivity index (χ2n) is 4.12. The number of hydrogen-bond acceptors (Lipinski definition) is 5. The Bertz CT molecular complexity index is 782. The summed E-state index contributed by atoms with van der Waals surface area (Å²) in [7, 11) is 1.74. The van der Waals surface area contributed by atoms with Crippen molar-refractivity contribution in [1.82, 2.24) is 19.6 Å². The van der Waals surface area contributed by atoms with Crippen molar-refractivity contribution < 1.29 is 9.90 Å². The molecule has 3 rings (SSSR count). The van der Waals surface area contributed by atoms with E-state index in [0.717, 1.165) is 5.56 Å². The molecule has 0 unspecified atom stereocenters. The summed E-state index contributed by atoms with van der Waals surface area (Å²) in [6.07, 6.45) is 4.64. The number of carbonyl (C=O) groups is 1. The van der Waals surface area contributed by atoms with Gasteiger partial charge in [-0.2, -0.15) is 9.61 Å². The van der Waals surface area contributed by atoms with E-state index in [1.165, 1.54) is 10.7 Å². The van der Waals surface area contributed by atoms with Crippen LogP contribution in [0.25, 0.3) is 16.9 Å². The number of nitrogens with one attached hydrogen (secondary N) is 1. The highest BCUT2D eigenvalue weighted by atomic mass is 16.4. The van der Waals surface area contributed by atoms with Gasteiger partial charge in [0, 0.05) is 31.1 Å². The van der Waals surface area contributed by atoms with Gasteiger partial charge in [0.25, 0.3) is 0 Å². The van der Waals surface area contributed by atoms with Crippen LogP contribution < -0.4 is 5.32 Å². The second kappa shape index (κ2) is 4.61. The molecule has 3 heterocycles. The van der Waals surface area contributed by atoms with Crippen molar-refractivity contribution in [3.05, 3.63) is 42.4 Å². The normalized spacial score (nSPS) is 10.7. The zero-order valence-electron chi connectivity index (χ0n) is 10.6. The number of hydrogen-bond donors (Lipinski definition) is 2. The molecule has 0 amide bonds. The summed E-state index contributed by atoms with van der Waals surface area (Å²) in [4.78, 5) is 19.6. The number of fused-ring (bicyclic) bond motifs is 1. The van der Waals surface area contributed by atoms with E-state index < -0.39 is 5.97 Å². The van der Waals surface area contributed by atoms with Crippen LogP contribution in [0.2, 0.25) is 0 Å². The van der Waals surface area contributed by atoms with Crippen molar-refractivity contribution in [2.75, 3.05) is 12.4 Å². The number of pyridine rings is 1. The van der Waals surface area contributed by atoms with Crippen LogP contribution in [0, 0.1) is 0 Å². The van der Waals surface area contributed by atoms with E-state index in [1.54, 1.807) is 31.6 Å². The molecule has 100 valence electrons. The van der Waals surface area contributed by atoms with Crippen molar-refractivity contribution in [3.8, 4) is 11.3 Å². The number of nitrogens with zero attached hydrogens (tertiary/aromatic N) is 4. The lowest BCUT2D eigenvalue weighted by Gasteiger charge is -2.07. The van der Waals surface area contributed by atoms with Gasteiger partial charge in [0.1, 0.15) is 11.4 Å². The zero-order chi connectivity index (χ0) is 14.1. The Morgan fingerprint density at radius 1 is 1.40 bits per heavy atom. The third kappa shape index (κ3) is 1.85. The van der Waals surface area contributed by atoms with Gasteiger partial charge in [0.05, 0.1) is 11.9 Å². The van der Waals surface area contributed by atoms with E-state index in [1.807, 2.05) is 6.07 Å².